The lowest BCUT2D eigenvalue weighted by atomic mass is 9.74. The number of benzene rings is 2. The van der Waals surface area contributed by atoms with Crippen molar-refractivity contribution < 1.29 is 14.4 Å². The van der Waals surface area contributed by atoms with Gasteiger partial charge >= 0.3 is 6.03 Å². The first-order valence-corrected chi connectivity index (χ1v) is 13.4. The second kappa shape index (κ2) is 7.54. The molecule has 1 fully saturated rings. The van der Waals surface area contributed by atoms with Gasteiger partial charge in [0.1, 0.15) is 5.54 Å². The van der Waals surface area contributed by atoms with Crippen LogP contribution in [-0.4, -0.2) is 46.9 Å². The number of carbonyl (C=O) groups excluding carboxylic acids is 3. The average molecular weight is 560 g/mol. The highest BCUT2D eigenvalue weighted by molar-refractivity contribution is 9.10. The van der Waals surface area contributed by atoms with Crippen LogP contribution in [-0.2, 0) is 34.4 Å². The number of aromatic nitrogens is 1. The number of hydrogen-bond donors (Lipinski definition) is 2. The summed E-state index contributed by atoms with van der Waals surface area (Å²) in [6.45, 7) is 3.58. The molecule has 7 rings (SSSR count). The number of nitrogens with one attached hydrogen (secondary N) is 2. The highest BCUT2D eigenvalue weighted by Gasteiger charge is 2.55. The molecule has 4 aliphatic rings. The van der Waals surface area contributed by atoms with Gasteiger partial charge in [-0.1, -0.05) is 19.1 Å². The Bertz CT molecular complexity index is 1570. The van der Waals surface area contributed by atoms with E-state index in [-0.39, 0.29) is 23.3 Å². The van der Waals surface area contributed by atoms with Crippen molar-refractivity contribution in [2.75, 3.05) is 23.8 Å². The first kappa shape index (κ1) is 22.7. The number of pyridine rings is 1. The Hall–Kier alpha value is -3.46. The fourth-order valence-corrected chi connectivity index (χ4v) is 7.61. The first-order chi connectivity index (χ1) is 17.7. The van der Waals surface area contributed by atoms with Crippen LogP contribution in [0, 0.1) is 0 Å². The molecule has 3 aromatic rings. The number of halogens is 1. The molecule has 2 N–H and O–H groups in total. The Kier molecular flexibility index (Phi) is 4.63. The van der Waals surface area contributed by atoms with E-state index in [1.165, 1.54) is 10.5 Å². The van der Waals surface area contributed by atoms with Gasteiger partial charge in [0, 0.05) is 65.1 Å². The molecule has 37 heavy (non-hydrogen) atoms. The minimum atomic E-state index is -0.875. The topological polar surface area (TPSA) is 94.6 Å². The lowest BCUT2D eigenvalue weighted by Crippen LogP contribution is -2.48. The van der Waals surface area contributed by atoms with Crippen molar-refractivity contribution in [3.05, 3.63) is 63.3 Å². The highest BCUT2D eigenvalue weighted by Crippen LogP contribution is 2.51. The van der Waals surface area contributed by atoms with Crippen LogP contribution < -0.4 is 15.5 Å². The molecule has 3 aliphatic heterocycles. The monoisotopic (exact) mass is 559 g/mol. The third kappa shape index (κ3) is 3.00. The van der Waals surface area contributed by atoms with Crippen molar-refractivity contribution in [1.29, 1.82) is 0 Å². The Balaban J connectivity index is 1.25. The molecule has 4 heterocycles. The van der Waals surface area contributed by atoms with Crippen LogP contribution in [0.3, 0.4) is 0 Å². The lowest BCUT2D eigenvalue weighted by molar-refractivity contribution is -0.125. The van der Waals surface area contributed by atoms with Gasteiger partial charge in [0.25, 0.3) is 5.91 Å². The third-order valence-corrected chi connectivity index (χ3v) is 9.78. The first-order valence-electron chi connectivity index (χ1n) is 12.6. The van der Waals surface area contributed by atoms with Gasteiger partial charge in [0.15, 0.2) is 0 Å². The number of likely N-dealkylation sites (N-methyl/N-ethyl adjacent to an activating group) is 1. The number of hydrogen-bond acceptors (Lipinski definition) is 5. The van der Waals surface area contributed by atoms with Crippen LogP contribution in [0.15, 0.2) is 40.9 Å². The standard InChI is InChI=1S/C28H26BrN5O3/c1-3-27-12-21(35)31-19-5-4-6-20(22(19)27)34(14-27)13-17-8-7-15-9-16-10-28(25(36)32-26(37)33(28)2)11-18(16)23(29)24(15)30-17/h4-9H,3,10-14H2,1-2H3,(H,31,35)(H,32,36,37). The molecule has 1 saturated heterocycles. The molecule has 9 heteroatoms. The second-order valence-corrected chi connectivity index (χ2v) is 11.6. The maximum absolute atomic E-state index is 12.8. The summed E-state index contributed by atoms with van der Waals surface area (Å²) >= 11 is 3.80. The number of amides is 4. The molecule has 2 aromatic carbocycles. The van der Waals surface area contributed by atoms with Gasteiger partial charge in [0.2, 0.25) is 5.91 Å². The molecular formula is C28H26BrN5O3. The van der Waals surface area contributed by atoms with Crippen LogP contribution in [0.1, 0.15) is 42.1 Å². The Morgan fingerprint density at radius 1 is 1.08 bits per heavy atom. The van der Waals surface area contributed by atoms with Gasteiger partial charge in [-0.25, -0.2) is 9.78 Å². The minimum Gasteiger partial charge on any atom is -0.364 e. The maximum atomic E-state index is 12.8. The number of nitrogens with zero attached hydrogens (tertiary/aromatic N) is 3. The molecule has 4 amide bonds. The zero-order chi connectivity index (χ0) is 25.7. The van der Waals surface area contributed by atoms with Crippen molar-refractivity contribution in [1.82, 2.24) is 15.2 Å². The summed E-state index contributed by atoms with van der Waals surface area (Å²) in [6.07, 6.45) is 2.35. The van der Waals surface area contributed by atoms with Gasteiger partial charge in [-0.2, -0.15) is 0 Å². The molecule has 2 unspecified atom stereocenters. The zero-order valence-corrected chi connectivity index (χ0v) is 22.2. The third-order valence-electron chi connectivity index (χ3n) is 8.93. The predicted octanol–water partition coefficient (Wildman–Crippen LogP) is 4.03. The van der Waals surface area contributed by atoms with Crippen LogP contribution in [0.25, 0.3) is 10.9 Å². The number of carbonyl (C=O) groups is 3. The van der Waals surface area contributed by atoms with E-state index in [0.29, 0.717) is 25.8 Å². The van der Waals surface area contributed by atoms with E-state index < -0.39 is 5.54 Å². The molecule has 0 bridgehead atoms. The minimum absolute atomic E-state index is 0.0797. The van der Waals surface area contributed by atoms with Crippen molar-refractivity contribution >= 4 is 56.1 Å². The van der Waals surface area contributed by atoms with Gasteiger partial charge in [-0.05, 0) is 57.7 Å². The van der Waals surface area contributed by atoms with E-state index in [0.717, 1.165) is 56.5 Å². The summed E-state index contributed by atoms with van der Waals surface area (Å²) in [6, 6.07) is 12.0. The number of imide groups is 1. The van der Waals surface area contributed by atoms with Crippen LogP contribution in [0.4, 0.5) is 16.2 Å². The number of rotatable bonds is 3. The fourth-order valence-electron chi connectivity index (χ4n) is 6.90. The van der Waals surface area contributed by atoms with Crippen molar-refractivity contribution in [3.8, 4) is 0 Å². The zero-order valence-electron chi connectivity index (χ0n) is 20.7. The molecule has 2 atom stereocenters. The number of urea groups is 1. The van der Waals surface area contributed by atoms with Crippen LogP contribution in [0.5, 0.6) is 0 Å². The molecule has 0 saturated carbocycles. The summed E-state index contributed by atoms with van der Waals surface area (Å²) < 4.78 is 0.888. The fraction of sp³-hybridized carbons (Fsp3) is 0.357. The summed E-state index contributed by atoms with van der Waals surface area (Å²) in [5.41, 5.74) is 6.18. The average Bonchev–Trinajstić information content (AvgIpc) is 3.48. The Labute approximate surface area is 222 Å². The van der Waals surface area contributed by atoms with Gasteiger partial charge in [0.05, 0.1) is 17.8 Å². The summed E-state index contributed by atoms with van der Waals surface area (Å²) in [5.74, 6) is -0.159. The van der Waals surface area contributed by atoms with E-state index in [9.17, 15) is 14.4 Å². The number of fused-ring (bicyclic) bond motifs is 2. The molecule has 1 aliphatic carbocycles. The SMILES string of the molecule is CCC12CC(=O)Nc3cccc(c31)N(Cc1ccc3cc4c(c(Br)c3n1)CC1(C4)C(=O)NC(=O)N1C)C2. The van der Waals surface area contributed by atoms with Crippen molar-refractivity contribution in [3.63, 3.8) is 0 Å². The normalized spacial score (nSPS) is 25.6. The molecule has 1 aromatic heterocycles. The van der Waals surface area contributed by atoms with Gasteiger partial charge in [-0.15, -0.1) is 0 Å². The summed E-state index contributed by atoms with van der Waals surface area (Å²) in [4.78, 5) is 46.4. The van der Waals surface area contributed by atoms with Crippen LogP contribution >= 0.6 is 15.9 Å². The Morgan fingerprint density at radius 3 is 2.68 bits per heavy atom. The second-order valence-electron chi connectivity index (χ2n) is 10.8. The van der Waals surface area contributed by atoms with Gasteiger partial charge < -0.3 is 15.1 Å². The van der Waals surface area contributed by atoms with E-state index in [4.69, 9.17) is 4.98 Å². The number of anilines is 2. The molecular weight excluding hydrogens is 534 g/mol. The smallest absolute Gasteiger partial charge is 0.324 e. The largest absolute Gasteiger partial charge is 0.364 e. The van der Waals surface area contributed by atoms with Crippen molar-refractivity contribution in [2.24, 2.45) is 0 Å². The molecule has 188 valence electrons. The lowest BCUT2D eigenvalue weighted by Gasteiger charge is -2.33. The highest BCUT2D eigenvalue weighted by atomic mass is 79.9. The summed E-state index contributed by atoms with van der Waals surface area (Å²) in [7, 11) is 1.69. The summed E-state index contributed by atoms with van der Waals surface area (Å²) in [5, 5.41) is 6.52. The van der Waals surface area contributed by atoms with E-state index >= 15 is 0 Å². The molecule has 0 radical (unpaired) electrons. The van der Waals surface area contributed by atoms with Crippen molar-refractivity contribution in [2.45, 2.75) is 50.1 Å². The predicted molar refractivity (Wildman–Crippen MR) is 144 cm³/mol. The van der Waals surface area contributed by atoms with Crippen LogP contribution in [0.2, 0.25) is 0 Å². The quantitative estimate of drug-likeness (QED) is 0.472. The van der Waals surface area contributed by atoms with E-state index in [2.05, 4.69) is 62.7 Å². The Morgan fingerprint density at radius 2 is 1.92 bits per heavy atom. The van der Waals surface area contributed by atoms with Gasteiger partial charge in [-0.3, -0.25) is 14.9 Å². The molecule has 1 spiro atoms. The van der Waals surface area contributed by atoms with E-state index in [1.54, 1.807) is 7.05 Å². The molecule has 8 nitrogen and oxygen atoms in total. The maximum Gasteiger partial charge on any atom is 0.324 e. The van der Waals surface area contributed by atoms with E-state index in [1.807, 2.05) is 12.1 Å².